The normalized spacial score (nSPS) is 13.9. The maximum atomic E-state index is 3.51. The molecule has 0 bridgehead atoms. The van der Waals surface area contributed by atoms with Gasteiger partial charge in [-0.05, 0) is 38.9 Å². The van der Waals surface area contributed by atoms with Gasteiger partial charge in [-0.25, -0.2) is 0 Å². The van der Waals surface area contributed by atoms with Gasteiger partial charge in [-0.2, -0.15) is 0 Å². The number of hydrogen-bond acceptors (Lipinski definition) is 2. The first kappa shape index (κ1) is 13.9. The molecule has 0 aromatic heterocycles. The minimum Gasteiger partial charge on any atom is -0.315 e. The highest BCUT2D eigenvalue weighted by molar-refractivity contribution is 4.74. The lowest BCUT2D eigenvalue weighted by atomic mass is 10.0. The molecule has 0 rings (SSSR count). The largest absolute Gasteiger partial charge is 0.315 e. The van der Waals surface area contributed by atoms with E-state index in [4.69, 9.17) is 0 Å². The van der Waals surface area contributed by atoms with Crippen LogP contribution < -0.4 is 5.32 Å². The Morgan fingerprint density at radius 1 is 1.14 bits per heavy atom. The zero-order valence-corrected chi connectivity index (χ0v) is 10.6. The summed E-state index contributed by atoms with van der Waals surface area (Å²) in [5, 5.41) is 3.51. The SMILES string of the molecule is CCCNCC(C(C)C)N(C)CCC. The number of nitrogens with zero attached hydrogens (tertiary/aromatic N) is 1. The van der Waals surface area contributed by atoms with E-state index in [0.717, 1.165) is 19.0 Å². The molecule has 0 fully saturated rings. The number of nitrogens with one attached hydrogen (secondary N) is 1. The third-order valence-electron chi connectivity index (χ3n) is 2.69. The van der Waals surface area contributed by atoms with Gasteiger partial charge in [-0.15, -0.1) is 0 Å². The smallest absolute Gasteiger partial charge is 0.0240 e. The van der Waals surface area contributed by atoms with Crippen molar-refractivity contribution in [2.75, 3.05) is 26.7 Å². The molecule has 0 amide bonds. The predicted molar refractivity (Wildman–Crippen MR) is 64.7 cm³/mol. The summed E-state index contributed by atoms with van der Waals surface area (Å²) < 4.78 is 0. The molecule has 2 heteroatoms. The second kappa shape index (κ2) is 8.25. The van der Waals surface area contributed by atoms with E-state index >= 15 is 0 Å². The molecule has 0 saturated carbocycles. The van der Waals surface area contributed by atoms with Crippen molar-refractivity contribution in [3.63, 3.8) is 0 Å². The average Bonchev–Trinajstić information content (AvgIpc) is 2.12. The molecule has 0 aliphatic heterocycles. The van der Waals surface area contributed by atoms with Gasteiger partial charge in [0.1, 0.15) is 0 Å². The van der Waals surface area contributed by atoms with Gasteiger partial charge in [0, 0.05) is 12.6 Å². The molecule has 0 spiro atoms. The Balaban J connectivity index is 3.88. The van der Waals surface area contributed by atoms with Crippen LogP contribution in [0, 0.1) is 5.92 Å². The summed E-state index contributed by atoms with van der Waals surface area (Å²) in [4.78, 5) is 2.48. The highest BCUT2D eigenvalue weighted by atomic mass is 15.1. The Morgan fingerprint density at radius 3 is 2.21 bits per heavy atom. The quantitative estimate of drug-likeness (QED) is 0.605. The molecule has 0 saturated heterocycles. The van der Waals surface area contributed by atoms with Crippen LogP contribution in [0.25, 0.3) is 0 Å². The van der Waals surface area contributed by atoms with Crippen molar-refractivity contribution in [2.24, 2.45) is 5.92 Å². The van der Waals surface area contributed by atoms with Gasteiger partial charge in [-0.1, -0.05) is 27.7 Å². The Morgan fingerprint density at radius 2 is 1.79 bits per heavy atom. The predicted octanol–water partition coefficient (Wildman–Crippen LogP) is 2.35. The zero-order chi connectivity index (χ0) is 11.0. The summed E-state index contributed by atoms with van der Waals surface area (Å²) in [7, 11) is 2.24. The van der Waals surface area contributed by atoms with Crippen LogP contribution in [-0.4, -0.2) is 37.6 Å². The van der Waals surface area contributed by atoms with Crippen molar-refractivity contribution in [1.82, 2.24) is 10.2 Å². The minimum atomic E-state index is 0.682. The molecular weight excluding hydrogens is 172 g/mol. The number of hydrogen-bond donors (Lipinski definition) is 1. The monoisotopic (exact) mass is 200 g/mol. The lowest BCUT2D eigenvalue weighted by molar-refractivity contribution is 0.187. The molecule has 0 radical (unpaired) electrons. The molecule has 14 heavy (non-hydrogen) atoms. The fourth-order valence-electron chi connectivity index (χ4n) is 1.85. The van der Waals surface area contributed by atoms with E-state index in [1.165, 1.54) is 19.4 Å². The standard InChI is InChI=1S/C12H28N2/c1-6-8-13-10-12(11(3)4)14(5)9-7-2/h11-13H,6-10H2,1-5H3. The van der Waals surface area contributed by atoms with Crippen LogP contribution in [0.3, 0.4) is 0 Å². The van der Waals surface area contributed by atoms with E-state index in [1.807, 2.05) is 0 Å². The molecule has 2 nitrogen and oxygen atoms in total. The lowest BCUT2D eigenvalue weighted by Crippen LogP contribution is -2.44. The third-order valence-corrected chi connectivity index (χ3v) is 2.69. The number of rotatable bonds is 8. The maximum absolute atomic E-state index is 3.51. The van der Waals surface area contributed by atoms with Crippen molar-refractivity contribution in [1.29, 1.82) is 0 Å². The van der Waals surface area contributed by atoms with E-state index in [9.17, 15) is 0 Å². The van der Waals surface area contributed by atoms with E-state index in [0.29, 0.717) is 6.04 Å². The van der Waals surface area contributed by atoms with Crippen molar-refractivity contribution >= 4 is 0 Å². The van der Waals surface area contributed by atoms with Crippen molar-refractivity contribution < 1.29 is 0 Å². The fraction of sp³-hybridized carbons (Fsp3) is 1.00. The summed E-state index contributed by atoms with van der Waals surface area (Å²) in [5.41, 5.74) is 0. The third kappa shape index (κ3) is 5.61. The van der Waals surface area contributed by atoms with Crippen LogP contribution in [-0.2, 0) is 0 Å². The average molecular weight is 200 g/mol. The molecule has 0 heterocycles. The van der Waals surface area contributed by atoms with Gasteiger partial charge in [0.2, 0.25) is 0 Å². The Bertz CT molecular complexity index is 123. The Labute approximate surface area is 90.1 Å². The fourth-order valence-corrected chi connectivity index (χ4v) is 1.85. The first-order valence-electron chi connectivity index (χ1n) is 6.04. The van der Waals surface area contributed by atoms with E-state index in [2.05, 4.69) is 45.0 Å². The van der Waals surface area contributed by atoms with Crippen LogP contribution in [0.5, 0.6) is 0 Å². The van der Waals surface area contributed by atoms with Crippen LogP contribution >= 0.6 is 0 Å². The van der Waals surface area contributed by atoms with Gasteiger partial charge < -0.3 is 10.2 Å². The summed E-state index contributed by atoms with van der Waals surface area (Å²) in [6, 6.07) is 0.682. The minimum absolute atomic E-state index is 0.682. The first-order chi connectivity index (χ1) is 6.63. The highest BCUT2D eigenvalue weighted by Gasteiger charge is 2.16. The second-order valence-corrected chi connectivity index (χ2v) is 4.50. The molecule has 0 aliphatic rings. The Kier molecular flexibility index (Phi) is 8.20. The molecule has 0 aromatic rings. The van der Waals surface area contributed by atoms with E-state index < -0.39 is 0 Å². The molecule has 0 aromatic carbocycles. The Hall–Kier alpha value is -0.0800. The van der Waals surface area contributed by atoms with Crippen molar-refractivity contribution in [3.05, 3.63) is 0 Å². The summed E-state index contributed by atoms with van der Waals surface area (Å²) in [5.74, 6) is 0.732. The van der Waals surface area contributed by atoms with E-state index in [1.54, 1.807) is 0 Å². The van der Waals surface area contributed by atoms with Gasteiger partial charge in [-0.3, -0.25) is 0 Å². The van der Waals surface area contributed by atoms with Crippen LogP contribution in [0.1, 0.15) is 40.5 Å². The first-order valence-corrected chi connectivity index (χ1v) is 6.04. The van der Waals surface area contributed by atoms with Gasteiger partial charge >= 0.3 is 0 Å². The molecule has 1 unspecified atom stereocenters. The molecule has 0 aliphatic carbocycles. The van der Waals surface area contributed by atoms with Gasteiger partial charge in [0.05, 0.1) is 0 Å². The second-order valence-electron chi connectivity index (χ2n) is 4.50. The van der Waals surface area contributed by atoms with Gasteiger partial charge in [0.15, 0.2) is 0 Å². The van der Waals surface area contributed by atoms with Gasteiger partial charge in [0.25, 0.3) is 0 Å². The molecule has 1 atom stereocenters. The zero-order valence-electron chi connectivity index (χ0n) is 10.6. The summed E-state index contributed by atoms with van der Waals surface area (Å²) >= 11 is 0. The van der Waals surface area contributed by atoms with E-state index in [-0.39, 0.29) is 0 Å². The highest BCUT2D eigenvalue weighted by Crippen LogP contribution is 2.08. The van der Waals surface area contributed by atoms with Crippen molar-refractivity contribution in [3.8, 4) is 0 Å². The molecule has 1 N–H and O–H groups in total. The van der Waals surface area contributed by atoms with Crippen molar-refractivity contribution in [2.45, 2.75) is 46.6 Å². The lowest BCUT2D eigenvalue weighted by Gasteiger charge is -2.31. The summed E-state index contributed by atoms with van der Waals surface area (Å²) in [6.45, 7) is 12.6. The molecule has 86 valence electrons. The van der Waals surface area contributed by atoms with Crippen LogP contribution in [0.15, 0.2) is 0 Å². The molecular formula is C12H28N2. The number of likely N-dealkylation sites (N-methyl/N-ethyl adjacent to an activating group) is 1. The maximum Gasteiger partial charge on any atom is 0.0240 e. The summed E-state index contributed by atoms with van der Waals surface area (Å²) in [6.07, 6.45) is 2.47. The van der Waals surface area contributed by atoms with Crippen LogP contribution in [0.4, 0.5) is 0 Å². The van der Waals surface area contributed by atoms with Crippen LogP contribution in [0.2, 0.25) is 0 Å². The topological polar surface area (TPSA) is 15.3 Å².